The summed E-state index contributed by atoms with van der Waals surface area (Å²) in [6, 6.07) is 4.26. The second-order valence-corrected chi connectivity index (χ2v) is 3.93. The quantitative estimate of drug-likeness (QED) is 0.799. The molecule has 0 saturated carbocycles. The van der Waals surface area contributed by atoms with Crippen molar-refractivity contribution in [3.63, 3.8) is 0 Å². The van der Waals surface area contributed by atoms with Crippen LogP contribution in [0.1, 0.15) is 15.9 Å². The standard InChI is InChI=1S/C11H8ClNO3/c1-5-2-6(12)3-7-8(11(15)16)4-9(14)13-10(5)7/h2-4H,1H3,(H,13,14)(H,15,16). The molecule has 0 unspecified atom stereocenters. The van der Waals surface area contributed by atoms with Gasteiger partial charge in [-0.25, -0.2) is 4.79 Å². The van der Waals surface area contributed by atoms with Gasteiger partial charge in [-0.2, -0.15) is 0 Å². The molecule has 0 atom stereocenters. The highest BCUT2D eigenvalue weighted by molar-refractivity contribution is 6.31. The first-order chi connectivity index (χ1) is 7.49. The second kappa shape index (κ2) is 3.64. The summed E-state index contributed by atoms with van der Waals surface area (Å²) in [6.45, 7) is 1.76. The van der Waals surface area contributed by atoms with Crippen molar-refractivity contribution >= 4 is 28.5 Å². The number of aromatic amines is 1. The number of carboxylic acids is 1. The molecule has 1 aromatic carbocycles. The Hall–Kier alpha value is -1.81. The minimum atomic E-state index is -1.14. The molecule has 5 heteroatoms. The summed E-state index contributed by atoms with van der Waals surface area (Å²) < 4.78 is 0. The molecule has 1 heterocycles. The van der Waals surface area contributed by atoms with Gasteiger partial charge in [0.05, 0.1) is 11.1 Å². The predicted octanol–water partition coefficient (Wildman–Crippen LogP) is 2.19. The first-order valence-electron chi connectivity index (χ1n) is 4.55. The smallest absolute Gasteiger partial charge is 0.336 e. The molecule has 0 amide bonds. The molecule has 82 valence electrons. The van der Waals surface area contributed by atoms with Crippen LogP contribution in [-0.4, -0.2) is 16.1 Å². The van der Waals surface area contributed by atoms with E-state index in [0.29, 0.717) is 15.9 Å². The average molecular weight is 238 g/mol. The third-order valence-corrected chi connectivity index (χ3v) is 2.56. The number of H-pyrrole nitrogens is 1. The zero-order chi connectivity index (χ0) is 11.9. The van der Waals surface area contributed by atoms with Crippen molar-refractivity contribution < 1.29 is 9.90 Å². The fraction of sp³-hybridized carbons (Fsp3) is 0.0909. The molecule has 2 aromatic rings. The monoisotopic (exact) mass is 237 g/mol. The molecule has 0 aliphatic rings. The zero-order valence-electron chi connectivity index (χ0n) is 8.37. The van der Waals surface area contributed by atoms with Gasteiger partial charge >= 0.3 is 5.97 Å². The fourth-order valence-corrected chi connectivity index (χ4v) is 1.94. The van der Waals surface area contributed by atoms with Crippen LogP contribution in [0.2, 0.25) is 5.02 Å². The van der Waals surface area contributed by atoms with Gasteiger partial charge in [0, 0.05) is 16.5 Å². The number of benzene rings is 1. The Morgan fingerprint density at radius 3 is 2.69 bits per heavy atom. The Bertz CT molecular complexity index is 645. The lowest BCUT2D eigenvalue weighted by molar-refractivity contribution is 0.0699. The van der Waals surface area contributed by atoms with Gasteiger partial charge in [0.25, 0.3) is 0 Å². The molecule has 0 radical (unpaired) electrons. The Morgan fingerprint density at radius 1 is 1.38 bits per heavy atom. The van der Waals surface area contributed by atoms with E-state index < -0.39 is 11.5 Å². The molecule has 2 rings (SSSR count). The van der Waals surface area contributed by atoms with Gasteiger partial charge in [-0.15, -0.1) is 0 Å². The van der Waals surface area contributed by atoms with Crippen LogP contribution in [0.3, 0.4) is 0 Å². The third kappa shape index (κ3) is 1.67. The van der Waals surface area contributed by atoms with Gasteiger partial charge < -0.3 is 10.1 Å². The highest BCUT2D eigenvalue weighted by atomic mass is 35.5. The number of pyridine rings is 1. The number of carboxylic acid groups (broad SMARTS) is 1. The van der Waals surface area contributed by atoms with Crippen LogP contribution in [0, 0.1) is 6.92 Å². The van der Waals surface area contributed by atoms with Crippen molar-refractivity contribution in [3.05, 3.63) is 44.7 Å². The van der Waals surface area contributed by atoms with Gasteiger partial charge in [0.2, 0.25) is 5.56 Å². The van der Waals surface area contributed by atoms with Crippen molar-refractivity contribution in [3.8, 4) is 0 Å². The molecule has 0 spiro atoms. The minimum absolute atomic E-state index is 0.0376. The number of nitrogens with one attached hydrogen (secondary N) is 1. The second-order valence-electron chi connectivity index (χ2n) is 3.50. The minimum Gasteiger partial charge on any atom is -0.478 e. The topological polar surface area (TPSA) is 70.2 Å². The summed E-state index contributed by atoms with van der Waals surface area (Å²) in [4.78, 5) is 24.9. The van der Waals surface area contributed by atoms with E-state index in [1.54, 1.807) is 13.0 Å². The number of rotatable bonds is 1. The Kier molecular flexibility index (Phi) is 2.44. The Morgan fingerprint density at radius 2 is 2.06 bits per heavy atom. The van der Waals surface area contributed by atoms with Gasteiger partial charge in [-0.05, 0) is 24.6 Å². The van der Waals surface area contributed by atoms with Crippen LogP contribution in [0.15, 0.2) is 23.0 Å². The first kappa shape index (κ1) is 10.7. The molecule has 0 fully saturated rings. The Balaban J connectivity index is 3.01. The summed E-state index contributed by atoms with van der Waals surface area (Å²) in [5.41, 5.74) is 0.775. The summed E-state index contributed by atoms with van der Waals surface area (Å²) in [6.07, 6.45) is 0. The summed E-state index contributed by atoms with van der Waals surface area (Å²) in [5.74, 6) is -1.14. The highest BCUT2D eigenvalue weighted by Gasteiger charge is 2.12. The summed E-state index contributed by atoms with van der Waals surface area (Å²) >= 11 is 5.86. The number of fused-ring (bicyclic) bond motifs is 1. The molecule has 0 bridgehead atoms. The largest absolute Gasteiger partial charge is 0.478 e. The van der Waals surface area contributed by atoms with E-state index in [-0.39, 0.29) is 5.56 Å². The van der Waals surface area contributed by atoms with Crippen LogP contribution in [0.25, 0.3) is 10.9 Å². The van der Waals surface area contributed by atoms with Gasteiger partial charge in [-0.3, -0.25) is 4.79 Å². The number of hydrogen-bond donors (Lipinski definition) is 2. The van der Waals surface area contributed by atoms with E-state index >= 15 is 0 Å². The predicted molar refractivity (Wildman–Crippen MR) is 61.3 cm³/mol. The van der Waals surface area contributed by atoms with Crippen molar-refractivity contribution in [1.29, 1.82) is 0 Å². The normalized spacial score (nSPS) is 10.6. The average Bonchev–Trinajstić information content (AvgIpc) is 2.18. The maximum absolute atomic E-state index is 11.3. The fourth-order valence-electron chi connectivity index (χ4n) is 1.67. The van der Waals surface area contributed by atoms with E-state index in [2.05, 4.69) is 4.98 Å². The van der Waals surface area contributed by atoms with Gasteiger partial charge in [0.15, 0.2) is 0 Å². The molecule has 4 nitrogen and oxygen atoms in total. The lowest BCUT2D eigenvalue weighted by Crippen LogP contribution is -2.10. The number of aromatic nitrogens is 1. The number of aromatic carboxylic acids is 1. The lowest BCUT2D eigenvalue weighted by atomic mass is 10.1. The third-order valence-electron chi connectivity index (χ3n) is 2.34. The van der Waals surface area contributed by atoms with E-state index in [9.17, 15) is 9.59 Å². The van der Waals surface area contributed by atoms with E-state index in [4.69, 9.17) is 16.7 Å². The molecule has 16 heavy (non-hydrogen) atoms. The Labute approximate surface area is 95.5 Å². The maximum Gasteiger partial charge on any atom is 0.336 e. The molecule has 0 aliphatic heterocycles. The van der Waals surface area contributed by atoms with Crippen LogP contribution < -0.4 is 5.56 Å². The first-order valence-corrected chi connectivity index (χ1v) is 4.93. The molecular formula is C11H8ClNO3. The SMILES string of the molecule is Cc1cc(Cl)cc2c(C(=O)O)cc(=O)[nH]c12. The molecule has 1 aromatic heterocycles. The molecule has 2 N–H and O–H groups in total. The van der Waals surface area contributed by atoms with Crippen LogP contribution in [-0.2, 0) is 0 Å². The van der Waals surface area contributed by atoms with Gasteiger partial charge in [0.1, 0.15) is 0 Å². The van der Waals surface area contributed by atoms with Gasteiger partial charge in [-0.1, -0.05) is 11.6 Å². The van der Waals surface area contributed by atoms with Crippen molar-refractivity contribution in [2.75, 3.05) is 0 Å². The molecular weight excluding hydrogens is 230 g/mol. The van der Waals surface area contributed by atoms with Crippen LogP contribution >= 0.6 is 11.6 Å². The van der Waals surface area contributed by atoms with E-state index in [1.807, 2.05) is 0 Å². The number of halogens is 1. The molecule has 0 saturated heterocycles. The van der Waals surface area contributed by atoms with Crippen LogP contribution in [0.5, 0.6) is 0 Å². The summed E-state index contributed by atoms with van der Waals surface area (Å²) in [5, 5.41) is 9.88. The summed E-state index contributed by atoms with van der Waals surface area (Å²) in [7, 11) is 0. The zero-order valence-corrected chi connectivity index (χ0v) is 9.13. The van der Waals surface area contributed by atoms with Crippen LogP contribution in [0.4, 0.5) is 0 Å². The van der Waals surface area contributed by atoms with E-state index in [1.165, 1.54) is 6.07 Å². The maximum atomic E-state index is 11.3. The van der Waals surface area contributed by atoms with Crippen molar-refractivity contribution in [2.45, 2.75) is 6.92 Å². The highest BCUT2D eigenvalue weighted by Crippen LogP contribution is 2.23. The number of aryl methyl sites for hydroxylation is 1. The number of hydrogen-bond acceptors (Lipinski definition) is 2. The number of carbonyl (C=O) groups is 1. The van der Waals surface area contributed by atoms with Crippen molar-refractivity contribution in [2.24, 2.45) is 0 Å². The van der Waals surface area contributed by atoms with E-state index in [0.717, 1.165) is 11.6 Å². The van der Waals surface area contributed by atoms with Crippen molar-refractivity contribution in [1.82, 2.24) is 4.98 Å². The lowest BCUT2D eigenvalue weighted by Gasteiger charge is -2.05. The molecule has 0 aliphatic carbocycles.